The number of aromatic amines is 2. The summed E-state index contributed by atoms with van der Waals surface area (Å²) in [6.45, 7) is 16.5. The van der Waals surface area contributed by atoms with E-state index in [2.05, 4.69) is 50.3 Å². The molecule has 8 nitrogen and oxygen atoms in total. The zero-order valence-corrected chi connectivity index (χ0v) is 25.5. The lowest BCUT2D eigenvalue weighted by molar-refractivity contribution is -0.128. The molecular formula is C35H36N4O4. The first-order chi connectivity index (χ1) is 20.6. The van der Waals surface area contributed by atoms with E-state index in [1.54, 1.807) is 0 Å². The number of ketones is 2. The van der Waals surface area contributed by atoms with Crippen LogP contribution in [0.15, 0.2) is 24.8 Å². The van der Waals surface area contributed by atoms with Crippen LogP contribution in [-0.2, 0) is 14.3 Å². The molecular weight excluding hydrogens is 540 g/mol. The molecule has 3 aromatic rings. The third kappa shape index (κ3) is 4.30. The van der Waals surface area contributed by atoms with Gasteiger partial charge in [-0.3, -0.25) is 19.4 Å². The van der Waals surface area contributed by atoms with Gasteiger partial charge in [0.15, 0.2) is 5.78 Å². The van der Waals surface area contributed by atoms with Crippen LogP contribution in [0.4, 0.5) is 0 Å². The molecule has 0 saturated carbocycles. The fourth-order valence-corrected chi connectivity index (χ4v) is 7.10. The molecule has 8 heteroatoms. The first-order valence-electron chi connectivity index (χ1n) is 14.8. The summed E-state index contributed by atoms with van der Waals surface area (Å²) in [6, 6.07) is 6.13. The fraction of sp³-hybridized carbons (Fsp3) is 0.343. The molecule has 0 fully saturated rings. The summed E-state index contributed by atoms with van der Waals surface area (Å²) in [6.07, 6.45) is 3.16. The molecule has 5 heterocycles. The van der Waals surface area contributed by atoms with Gasteiger partial charge in [0.1, 0.15) is 11.7 Å². The van der Waals surface area contributed by atoms with Crippen LogP contribution in [0.2, 0.25) is 0 Å². The fourth-order valence-electron chi connectivity index (χ4n) is 7.10. The molecule has 8 bridgehead atoms. The molecule has 3 aliphatic rings. The van der Waals surface area contributed by atoms with E-state index in [4.69, 9.17) is 14.7 Å². The number of carbonyl (C=O) groups is 3. The van der Waals surface area contributed by atoms with E-state index in [0.29, 0.717) is 35.2 Å². The number of H-pyrrole nitrogens is 2. The molecule has 43 heavy (non-hydrogen) atoms. The summed E-state index contributed by atoms with van der Waals surface area (Å²) in [5, 5.41) is 0. The normalized spacial score (nSPS) is 19.2. The van der Waals surface area contributed by atoms with Gasteiger partial charge in [0.2, 0.25) is 0 Å². The number of nitrogens with one attached hydrogen (secondary N) is 2. The molecule has 3 atom stereocenters. The van der Waals surface area contributed by atoms with Crippen molar-refractivity contribution >= 4 is 57.3 Å². The van der Waals surface area contributed by atoms with E-state index in [0.717, 1.165) is 67.9 Å². The van der Waals surface area contributed by atoms with E-state index in [1.807, 2.05) is 25.1 Å². The molecule has 2 aliphatic heterocycles. The molecule has 0 radical (unpaired) electrons. The zero-order chi connectivity index (χ0) is 30.7. The zero-order valence-electron chi connectivity index (χ0n) is 25.5. The Balaban J connectivity index is 1.81. The van der Waals surface area contributed by atoms with Crippen molar-refractivity contribution in [3.8, 4) is 0 Å². The van der Waals surface area contributed by atoms with Gasteiger partial charge in [-0.25, -0.2) is 4.98 Å². The van der Waals surface area contributed by atoms with Crippen molar-refractivity contribution in [3.05, 3.63) is 75.4 Å². The maximum absolute atomic E-state index is 13.9. The van der Waals surface area contributed by atoms with E-state index >= 15 is 0 Å². The average Bonchev–Trinajstić information content (AvgIpc) is 3.70. The second-order valence-corrected chi connectivity index (χ2v) is 11.8. The van der Waals surface area contributed by atoms with E-state index < -0.39 is 5.92 Å². The quantitative estimate of drug-likeness (QED) is 0.174. The summed E-state index contributed by atoms with van der Waals surface area (Å²) in [4.78, 5) is 55.3. The molecule has 3 aromatic heterocycles. The third-order valence-electron chi connectivity index (χ3n) is 9.49. The minimum Gasteiger partial charge on any atom is -0.468 e. The minimum atomic E-state index is -0.939. The molecule has 220 valence electrons. The average molecular weight is 577 g/mol. The Labute approximate surface area is 250 Å². The highest BCUT2D eigenvalue weighted by Gasteiger charge is 2.43. The highest BCUT2D eigenvalue weighted by molar-refractivity contribution is 6.24. The van der Waals surface area contributed by atoms with Gasteiger partial charge in [0.05, 0.1) is 29.2 Å². The Morgan fingerprint density at radius 3 is 2.44 bits per heavy atom. The molecule has 0 saturated heterocycles. The van der Waals surface area contributed by atoms with Crippen LogP contribution in [0.25, 0.3) is 39.3 Å². The van der Waals surface area contributed by atoms with Crippen LogP contribution >= 0.6 is 0 Å². The van der Waals surface area contributed by atoms with Gasteiger partial charge < -0.3 is 14.7 Å². The Bertz CT molecular complexity index is 1940. The number of ether oxygens (including phenoxy) is 1. The molecule has 1 aliphatic carbocycles. The van der Waals surface area contributed by atoms with Crippen LogP contribution in [-0.4, -0.2) is 44.6 Å². The van der Waals surface area contributed by atoms with Crippen molar-refractivity contribution in [2.24, 2.45) is 0 Å². The monoisotopic (exact) mass is 576 g/mol. The molecule has 6 rings (SSSR count). The lowest BCUT2D eigenvalue weighted by atomic mass is 9.84. The Kier molecular flexibility index (Phi) is 7.03. The number of rotatable bonds is 7. The van der Waals surface area contributed by atoms with Crippen LogP contribution in [0.1, 0.15) is 114 Å². The first-order valence-corrected chi connectivity index (χ1v) is 14.8. The Hall–Kier alpha value is -4.59. The topological polar surface area (TPSA) is 118 Å². The van der Waals surface area contributed by atoms with Gasteiger partial charge in [-0.05, 0) is 81.0 Å². The largest absolute Gasteiger partial charge is 0.468 e. The van der Waals surface area contributed by atoms with Crippen LogP contribution < -0.4 is 0 Å². The lowest BCUT2D eigenvalue weighted by Crippen LogP contribution is -2.18. The number of Topliss-reactive ketones (excluding diaryl/α,β-unsaturated/α-hetero) is 2. The number of fused-ring (bicyclic) bond motifs is 8. The molecule has 0 spiro atoms. The molecule has 0 aromatic carbocycles. The van der Waals surface area contributed by atoms with Crippen molar-refractivity contribution in [2.45, 2.75) is 72.1 Å². The predicted octanol–water partition coefficient (Wildman–Crippen LogP) is 7.23. The van der Waals surface area contributed by atoms with Crippen molar-refractivity contribution in [2.75, 3.05) is 6.61 Å². The molecule has 2 N–H and O–H groups in total. The smallest absolute Gasteiger partial charge is 0.293 e. The Morgan fingerprint density at radius 2 is 1.77 bits per heavy atom. The lowest BCUT2D eigenvalue weighted by Gasteiger charge is -2.18. The number of aromatic nitrogens is 4. The van der Waals surface area contributed by atoms with E-state index in [9.17, 15) is 14.4 Å². The first kappa shape index (κ1) is 28.5. The number of hydrogen-bond donors (Lipinski definition) is 2. The third-order valence-corrected chi connectivity index (χ3v) is 9.49. The highest BCUT2D eigenvalue weighted by atomic mass is 16.5. The SMILES string of the molecule is C=Cc1c(C)c2cc3nc(c4c5[nH]c(cc6nc(cc1[nH]2)C(C)=C6CC)c(C)c5C(=O)C4C(C)=O)[C@@H](CCOC=O)[C@@H]3C. The Morgan fingerprint density at radius 1 is 1.05 bits per heavy atom. The maximum atomic E-state index is 13.9. The van der Waals surface area contributed by atoms with Crippen LogP contribution in [0.3, 0.4) is 0 Å². The molecule has 1 unspecified atom stereocenters. The van der Waals surface area contributed by atoms with Gasteiger partial charge in [0, 0.05) is 50.8 Å². The summed E-state index contributed by atoms with van der Waals surface area (Å²) in [7, 11) is 0. The summed E-state index contributed by atoms with van der Waals surface area (Å²) >= 11 is 0. The van der Waals surface area contributed by atoms with Crippen LogP contribution in [0, 0.1) is 13.8 Å². The van der Waals surface area contributed by atoms with Gasteiger partial charge >= 0.3 is 0 Å². The maximum Gasteiger partial charge on any atom is 0.293 e. The number of allylic oxidation sites excluding steroid dienone is 2. The second-order valence-electron chi connectivity index (χ2n) is 11.8. The summed E-state index contributed by atoms with van der Waals surface area (Å²) in [5.41, 5.74) is 12.7. The van der Waals surface area contributed by atoms with E-state index in [-0.39, 0.29) is 30.0 Å². The van der Waals surface area contributed by atoms with Gasteiger partial charge in [-0.2, -0.15) is 0 Å². The number of hydrogen-bond acceptors (Lipinski definition) is 6. The number of aryl methyl sites for hydroxylation is 2. The van der Waals surface area contributed by atoms with Gasteiger partial charge in [0.25, 0.3) is 6.47 Å². The van der Waals surface area contributed by atoms with Crippen LogP contribution in [0.5, 0.6) is 0 Å². The number of nitrogens with zero attached hydrogens (tertiary/aromatic N) is 2. The second kappa shape index (κ2) is 10.6. The van der Waals surface area contributed by atoms with Crippen molar-refractivity contribution in [1.82, 2.24) is 19.9 Å². The van der Waals surface area contributed by atoms with Gasteiger partial charge in [-0.1, -0.05) is 26.5 Å². The molecule has 0 amide bonds. The summed E-state index contributed by atoms with van der Waals surface area (Å²) in [5.74, 6) is -1.59. The van der Waals surface area contributed by atoms with Crippen molar-refractivity contribution in [3.63, 3.8) is 0 Å². The van der Waals surface area contributed by atoms with Crippen molar-refractivity contribution in [1.29, 1.82) is 0 Å². The number of carbonyl (C=O) groups excluding carboxylic acids is 3. The standard InChI is InChI=1S/C35H36N4O4/c1-8-21-16(3)24-12-26-18(5)23(10-11-43-15-40)33(38-26)32-31(20(7)41)35(42)30-19(6)27(39-34(30)32)14-29-22(9-2)17(4)25(37-29)13-28(21)36-24/h8,12-15,18,23,31,36,39H,1,9-11H2,2-7H3/t18-,23-,31?/m0/s1. The highest BCUT2D eigenvalue weighted by Crippen LogP contribution is 2.47. The minimum absolute atomic E-state index is 0.0576. The van der Waals surface area contributed by atoms with Crippen molar-refractivity contribution < 1.29 is 19.1 Å². The van der Waals surface area contributed by atoms with Gasteiger partial charge in [-0.15, -0.1) is 0 Å². The predicted molar refractivity (Wildman–Crippen MR) is 169 cm³/mol. The summed E-state index contributed by atoms with van der Waals surface area (Å²) < 4.78 is 5.11. The van der Waals surface area contributed by atoms with E-state index in [1.165, 1.54) is 6.92 Å².